The molecular weight excluding hydrogens is 168 g/mol. The lowest BCUT2D eigenvalue weighted by Crippen LogP contribution is -2.24. The molecule has 0 unspecified atom stereocenters. The van der Waals surface area contributed by atoms with Crippen molar-refractivity contribution in [3.8, 4) is 0 Å². The molecular formula is C9H20N2S. The highest BCUT2D eigenvalue weighted by molar-refractivity contribution is 7.99. The lowest BCUT2D eigenvalue weighted by atomic mass is 10.3. The Bertz CT molecular complexity index is 111. The second kappa shape index (κ2) is 5.84. The smallest absolute Gasteiger partial charge is 0.0158 e. The summed E-state index contributed by atoms with van der Waals surface area (Å²) in [5.41, 5.74) is 0. The van der Waals surface area contributed by atoms with Crippen molar-refractivity contribution >= 4 is 11.8 Å². The first kappa shape index (κ1) is 10.4. The van der Waals surface area contributed by atoms with E-state index in [0.717, 1.165) is 6.04 Å². The fourth-order valence-electron chi connectivity index (χ4n) is 1.37. The molecule has 1 atom stereocenters. The minimum Gasteiger partial charge on any atom is -0.313 e. The number of hydrogen-bond acceptors (Lipinski definition) is 3. The third kappa shape index (κ3) is 4.33. The lowest BCUT2D eigenvalue weighted by molar-refractivity contribution is 0.437. The molecule has 72 valence electrons. The van der Waals surface area contributed by atoms with E-state index in [9.17, 15) is 0 Å². The van der Waals surface area contributed by atoms with Crippen LogP contribution in [0.5, 0.6) is 0 Å². The van der Waals surface area contributed by atoms with Crippen molar-refractivity contribution in [3.05, 3.63) is 0 Å². The van der Waals surface area contributed by atoms with E-state index in [1.807, 2.05) is 0 Å². The summed E-state index contributed by atoms with van der Waals surface area (Å²) in [6.45, 7) is 2.44. The van der Waals surface area contributed by atoms with Crippen LogP contribution in [-0.4, -0.2) is 49.6 Å². The Morgan fingerprint density at radius 3 is 2.92 bits per heavy atom. The van der Waals surface area contributed by atoms with Crippen molar-refractivity contribution in [3.63, 3.8) is 0 Å². The van der Waals surface area contributed by atoms with Gasteiger partial charge in [-0.05, 0) is 33.5 Å². The van der Waals surface area contributed by atoms with Crippen LogP contribution in [0.2, 0.25) is 0 Å². The van der Waals surface area contributed by atoms with Gasteiger partial charge in [-0.15, -0.1) is 0 Å². The van der Waals surface area contributed by atoms with Crippen molar-refractivity contribution in [1.82, 2.24) is 10.2 Å². The van der Waals surface area contributed by atoms with Crippen LogP contribution in [0.4, 0.5) is 0 Å². The highest BCUT2D eigenvalue weighted by Gasteiger charge is 2.12. The highest BCUT2D eigenvalue weighted by Crippen LogP contribution is 2.11. The van der Waals surface area contributed by atoms with E-state index in [1.165, 1.54) is 37.4 Å². The molecule has 0 aromatic rings. The number of nitrogens with one attached hydrogen (secondary N) is 1. The maximum Gasteiger partial charge on any atom is 0.0158 e. The van der Waals surface area contributed by atoms with Gasteiger partial charge in [-0.2, -0.15) is 11.8 Å². The molecule has 0 aromatic carbocycles. The summed E-state index contributed by atoms with van der Waals surface area (Å²) >= 11 is 2.07. The van der Waals surface area contributed by atoms with Gasteiger partial charge in [0.05, 0.1) is 0 Å². The van der Waals surface area contributed by atoms with E-state index in [-0.39, 0.29) is 0 Å². The van der Waals surface area contributed by atoms with Gasteiger partial charge in [0.2, 0.25) is 0 Å². The van der Waals surface area contributed by atoms with Crippen LogP contribution >= 0.6 is 11.8 Å². The summed E-state index contributed by atoms with van der Waals surface area (Å²) < 4.78 is 0. The third-order valence-corrected chi connectivity index (χ3v) is 3.27. The zero-order valence-corrected chi connectivity index (χ0v) is 8.99. The van der Waals surface area contributed by atoms with Crippen LogP contribution in [0.3, 0.4) is 0 Å². The zero-order chi connectivity index (χ0) is 8.81. The summed E-state index contributed by atoms with van der Waals surface area (Å²) in [6, 6.07) is 0.803. The van der Waals surface area contributed by atoms with Gasteiger partial charge in [0.25, 0.3) is 0 Å². The number of rotatable bonds is 5. The molecule has 0 bridgehead atoms. The molecule has 1 fully saturated rings. The zero-order valence-electron chi connectivity index (χ0n) is 8.18. The van der Waals surface area contributed by atoms with Gasteiger partial charge in [-0.25, -0.2) is 0 Å². The Labute approximate surface area is 80.1 Å². The minimum atomic E-state index is 0.803. The molecule has 1 N–H and O–H groups in total. The summed E-state index contributed by atoms with van der Waals surface area (Å²) in [4.78, 5) is 2.25. The molecule has 1 rings (SSSR count). The monoisotopic (exact) mass is 188 g/mol. The molecule has 12 heavy (non-hydrogen) atoms. The quantitative estimate of drug-likeness (QED) is 0.649. The van der Waals surface area contributed by atoms with Crippen LogP contribution in [0.25, 0.3) is 0 Å². The molecule has 1 aliphatic rings. The van der Waals surface area contributed by atoms with E-state index < -0.39 is 0 Å². The highest BCUT2D eigenvalue weighted by atomic mass is 32.2. The third-order valence-electron chi connectivity index (χ3n) is 2.16. The van der Waals surface area contributed by atoms with Crippen LogP contribution in [0.15, 0.2) is 0 Å². The van der Waals surface area contributed by atoms with Crippen molar-refractivity contribution in [2.75, 3.05) is 38.7 Å². The van der Waals surface area contributed by atoms with E-state index in [0.29, 0.717) is 0 Å². The Morgan fingerprint density at radius 1 is 1.50 bits per heavy atom. The van der Waals surface area contributed by atoms with Crippen LogP contribution < -0.4 is 5.32 Å². The largest absolute Gasteiger partial charge is 0.313 e. The van der Waals surface area contributed by atoms with Gasteiger partial charge in [0.1, 0.15) is 0 Å². The van der Waals surface area contributed by atoms with Gasteiger partial charge >= 0.3 is 0 Å². The fourth-order valence-corrected chi connectivity index (χ4v) is 2.60. The lowest BCUT2D eigenvalue weighted by Gasteiger charge is -2.11. The predicted molar refractivity (Wildman–Crippen MR) is 56.9 cm³/mol. The average molecular weight is 188 g/mol. The predicted octanol–water partition coefficient (Wildman–Crippen LogP) is 1.03. The molecule has 0 amide bonds. The second-order valence-corrected chi connectivity index (χ2v) is 4.82. The van der Waals surface area contributed by atoms with Crippen LogP contribution in [0.1, 0.15) is 12.8 Å². The van der Waals surface area contributed by atoms with Crippen molar-refractivity contribution in [2.24, 2.45) is 0 Å². The SMILES string of the molecule is CN(C)CCSC[C@H]1CCCN1. The van der Waals surface area contributed by atoms with Gasteiger partial charge in [-0.1, -0.05) is 0 Å². The molecule has 0 spiro atoms. The number of hydrogen-bond donors (Lipinski definition) is 1. The molecule has 0 aliphatic carbocycles. The molecule has 0 aromatic heterocycles. The van der Waals surface area contributed by atoms with Gasteiger partial charge < -0.3 is 10.2 Å². The first-order valence-electron chi connectivity index (χ1n) is 4.75. The second-order valence-electron chi connectivity index (χ2n) is 3.67. The maximum atomic E-state index is 3.51. The maximum absolute atomic E-state index is 3.51. The van der Waals surface area contributed by atoms with E-state index in [4.69, 9.17) is 0 Å². The molecule has 0 radical (unpaired) electrons. The normalized spacial score (nSPS) is 23.8. The number of nitrogens with zero attached hydrogens (tertiary/aromatic N) is 1. The molecule has 2 nitrogen and oxygen atoms in total. The molecule has 1 saturated heterocycles. The fraction of sp³-hybridized carbons (Fsp3) is 1.00. The Hall–Kier alpha value is 0.270. The van der Waals surface area contributed by atoms with Crippen LogP contribution in [0, 0.1) is 0 Å². The van der Waals surface area contributed by atoms with E-state index >= 15 is 0 Å². The first-order chi connectivity index (χ1) is 5.79. The van der Waals surface area contributed by atoms with Crippen LogP contribution in [-0.2, 0) is 0 Å². The molecule has 1 aliphatic heterocycles. The van der Waals surface area contributed by atoms with E-state index in [1.54, 1.807) is 0 Å². The molecule has 3 heteroatoms. The van der Waals surface area contributed by atoms with Gasteiger partial charge in [-0.3, -0.25) is 0 Å². The summed E-state index contributed by atoms with van der Waals surface area (Å²) in [5.74, 6) is 2.57. The summed E-state index contributed by atoms with van der Waals surface area (Å²) in [6.07, 6.45) is 2.76. The Kier molecular flexibility index (Phi) is 5.04. The average Bonchev–Trinajstić information content (AvgIpc) is 2.49. The van der Waals surface area contributed by atoms with Crippen molar-refractivity contribution < 1.29 is 0 Å². The minimum absolute atomic E-state index is 0.803. The Balaban J connectivity index is 1.88. The van der Waals surface area contributed by atoms with Gasteiger partial charge in [0, 0.05) is 24.1 Å². The molecule has 0 saturated carbocycles. The topological polar surface area (TPSA) is 15.3 Å². The standard InChI is InChI=1S/C9H20N2S/c1-11(2)6-7-12-8-9-4-3-5-10-9/h9-10H,3-8H2,1-2H3/t9-/m1/s1. The summed E-state index contributed by atoms with van der Waals surface area (Å²) in [7, 11) is 4.27. The first-order valence-corrected chi connectivity index (χ1v) is 5.90. The van der Waals surface area contributed by atoms with Gasteiger partial charge in [0.15, 0.2) is 0 Å². The van der Waals surface area contributed by atoms with Crippen molar-refractivity contribution in [2.45, 2.75) is 18.9 Å². The van der Waals surface area contributed by atoms with E-state index in [2.05, 4.69) is 36.1 Å². The Morgan fingerprint density at radius 2 is 2.33 bits per heavy atom. The van der Waals surface area contributed by atoms with Crippen molar-refractivity contribution in [1.29, 1.82) is 0 Å². The molecule has 1 heterocycles. The summed E-state index contributed by atoms with van der Waals surface area (Å²) in [5, 5.41) is 3.51. The number of thioether (sulfide) groups is 1.